The molecule has 8 heteroatoms. The monoisotopic (exact) mass is 379 g/mol. The molecular weight excluding hydrogens is 354 g/mol. The van der Waals surface area contributed by atoms with Crippen LogP contribution in [-0.4, -0.2) is 36.3 Å². The third kappa shape index (κ3) is 6.95. The number of methoxy groups -OCH3 is 1. The molecular formula is C18H25N3O4S. The predicted molar refractivity (Wildman–Crippen MR) is 102 cm³/mol. The lowest BCUT2D eigenvalue weighted by molar-refractivity contribution is -0.131. The quantitative estimate of drug-likeness (QED) is 0.631. The van der Waals surface area contributed by atoms with Gasteiger partial charge in [0.1, 0.15) is 5.75 Å². The summed E-state index contributed by atoms with van der Waals surface area (Å²) in [5, 5.41) is 2.74. The number of carbonyl (C=O) groups is 3. The average molecular weight is 379 g/mol. The molecule has 3 amide bonds. The molecule has 1 aromatic carbocycles. The summed E-state index contributed by atoms with van der Waals surface area (Å²) >= 11 is 1.18. The second-order valence-corrected chi connectivity index (χ2v) is 7.13. The van der Waals surface area contributed by atoms with E-state index in [1.165, 1.54) is 18.2 Å². The first-order valence-corrected chi connectivity index (χ1v) is 9.84. The fourth-order valence-corrected chi connectivity index (χ4v) is 3.36. The fraction of sp³-hybridized carbons (Fsp3) is 0.500. The number of thioether (sulfide) groups is 1. The number of hydrogen-bond acceptors (Lipinski definition) is 5. The molecule has 0 saturated heterocycles. The summed E-state index contributed by atoms with van der Waals surface area (Å²) in [4.78, 5) is 35.5. The van der Waals surface area contributed by atoms with Gasteiger partial charge in [-0.05, 0) is 37.1 Å². The Morgan fingerprint density at radius 2 is 1.65 bits per heavy atom. The fourth-order valence-electron chi connectivity index (χ4n) is 2.74. The Labute approximate surface area is 157 Å². The zero-order valence-electron chi connectivity index (χ0n) is 14.9. The van der Waals surface area contributed by atoms with Crippen molar-refractivity contribution in [3.63, 3.8) is 0 Å². The number of carbonyl (C=O) groups excluding carboxylic acids is 3. The van der Waals surface area contributed by atoms with E-state index < -0.39 is 0 Å². The molecule has 3 N–H and O–H groups in total. The van der Waals surface area contributed by atoms with Crippen molar-refractivity contribution in [1.29, 1.82) is 0 Å². The topological polar surface area (TPSA) is 96.5 Å². The van der Waals surface area contributed by atoms with E-state index in [-0.39, 0.29) is 35.1 Å². The number of rotatable bonds is 7. The highest BCUT2D eigenvalue weighted by molar-refractivity contribution is 8.00. The summed E-state index contributed by atoms with van der Waals surface area (Å²) in [6, 6.07) is 7.00. The number of hydrogen-bond donors (Lipinski definition) is 3. The van der Waals surface area contributed by atoms with Crippen molar-refractivity contribution >= 4 is 35.2 Å². The van der Waals surface area contributed by atoms with Gasteiger partial charge in [-0.1, -0.05) is 19.3 Å². The van der Waals surface area contributed by atoms with Crippen LogP contribution in [0.25, 0.3) is 0 Å². The van der Waals surface area contributed by atoms with Crippen molar-refractivity contribution in [1.82, 2.24) is 10.9 Å². The minimum absolute atomic E-state index is 0.00743. The van der Waals surface area contributed by atoms with Gasteiger partial charge in [0.05, 0.1) is 18.6 Å². The highest BCUT2D eigenvalue weighted by atomic mass is 32.2. The normalized spacial score (nSPS) is 14.3. The molecule has 0 heterocycles. The number of amides is 3. The second kappa shape index (κ2) is 10.7. The SMILES string of the molecule is COc1ccc(NC(=O)CSCC(=O)NNC(=O)C2CCCCC2)cc1. The number of ether oxygens (including phenoxy) is 1. The Morgan fingerprint density at radius 3 is 2.31 bits per heavy atom. The number of hydrazine groups is 1. The first-order valence-electron chi connectivity index (χ1n) is 8.69. The molecule has 1 aliphatic rings. The molecule has 0 radical (unpaired) electrons. The molecule has 0 spiro atoms. The van der Waals surface area contributed by atoms with Crippen LogP contribution in [-0.2, 0) is 14.4 Å². The number of benzene rings is 1. The molecule has 1 fully saturated rings. The Kier molecular flexibility index (Phi) is 8.27. The molecule has 7 nitrogen and oxygen atoms in total. The van der Waals surface area contributed by atoms with Crippen molar-refractivity contribution in [3.8, 4) is 5.75 Å². The average Bonchev–Trinajstić information content (AvgIpc) is 2.67. The van der Waals surface area contributed by atoms with E-state index in [1.807, 2.05) is 0 Å². The Bertz CT molecular complexity index is 615. The third-order valence-electron chi connectivity index (χ3n) is 4.14. The lowest BCUT2D eigenvalue weighted by Gasteiger charge is -2.20. The van der Waals surface area contributed by atoms with E-state index >= 15 is 0 Å². The summed E-state index contributed by atoms with van der Waals surface area (Å²) in [7, 11) is 1.58. The van der Waals surface area contributed by atoms with Crippen LogP contribution in [0.2, 0.25) is 0 Å². The lowest BCUT2D eigenvalue weighted by atomic mass is 9.89. The molecule has 2 rings (SSSR count). The van der Waals surface area contributed by atoms with E-state index in [2.05, 4.69) is 16.2 Å². The van der Waals surface area contributed by atoms with Crippen LogP contribution >= 0.6 is 11.8 Å². The number of nitrogens with one attached hydrogen (secondary N) is 3. The minimum atomic E-state index is -0.323. The van der Waals surface area contributed by atoms with Crippen LogP contribution in [0.4, 0.5) is 5.69 Å². The minimum Gasteiger partial charge on any atom is -0.497 e. The molecule has 1 aromatic rings. The summed E-state index contributed by atoms with van der Waals surface area (Å²) in [6.45, 7) is 0. The van der Waals surface area contributed by atoms with Gasteiger partial charge < -0.3 is 10.1 Å². The van der Waals surface area contributed by atoms with E-state index in [9.17, 15) is 14.4 Å². The van der Waals surface area contributed by atoms with Crippen LogP contribution in [0.3, 0.4) is 0 Å². The van der Waals surface area contributed by atoms with Crippen molar-refractivity contribution in [3.05, 3.63) is 24.3 Å². The predicted octanol–water partition coefficient (Wildman–Crippen LogP) is 2.09. The van der Waals surface area contributed by atoms with Crippen LogP contribution in [0, 0.1) is 5.92 Å². The smallest absolute Gasteiger partial charge is 0.248 e. The van der Waals surface area contributed by atoms with Crippen molar-refractivity contribution in [2.75, 3.05) is 23.9 Å². The zero-order valence-corrected chi connectivity index (χ0v) is 15.7. The summed E-state index contributed by atoms with van der Waals surface area (Å²) in [6.07, 6.45) is 5.05. The van der Waals surface area contributed by atoms with Crippen molar-refractivity contribution in [2.45, 2.75) is 32.1 Å². The van der Waals surface area contributed by atoms with E-state index in [1.54, 1.807) is 31.4 Å². The van der Waals surface area contributed by atoms with Crippen LogP contribution in [0.5, 0.6) is 5.75 Å². The Hall–Kier alpha value is -2.22. The first-order chi connectivity index (χ1) is 12.6. The van der Waals surface area contributed by atoms with Crippen LogP contribution < -0.4 is 20.9 Å². The van der Waals surface area contributed by atoms with Gasteiger partial charge in [0.25, 0.3) is 0 Å². The standard InChI is InChI=1S/C18H25N3O4S/c1-25-15-9-7-14(8-10-15)19-16(22)11-26-12-17(23)20-21-18(24)13-5-3-2-4-6-13/h7-10,13H,2-6,11-12H2,1H3,(H,19,22)(H,20,23)(H,21,24). The van der Waals surface area contributed by atoms with Crippen LogP contribution in [0.1, 0.15) is 32.1 Å². The van der Waals surface area contributed by atoms with Gasteiger partial charge in [-0.2, -0.15) is 0 Å². The molecule has 1 saturated carbocycles. The maximum atomic E-state index is 11.9. The third-order valence-corrected chi connectivity index (χ3v) is 5.07. The Morgan fingerprint density at radius 1 is 1.00 bits per heavy atom. The summed E-state index contributed by atoms with van der Waals surface area (Å²) < 4.78 is 5.05. The summed E-state index contributed by atoms with van der Waals surface area (Å²) in [5.41, 5.74) is 5.55. The van der Waals surface area contributed by atoms with Gasteiger partial charge in [-0.15, -0.1) is 11.8 Å². The van der Waals surface area contributed by atoms with E-state index in [0.29, 0.717) is 11.4 Å². The van der Waals surface area contributed by atoms with Crippen molar-refractivity contribution in [2.24, 2.45) is 5.92 Å². The highest BCUT2D eigenvalue weighted by Gasteiger charge is 2.21. The number of anilines is 1. The van der Waals surface area contributed by atoms with E-state index in [0.717, 1.165) is 25.7 Å². The van der Waals surface area contributed by atoms with Gasteiger partial charge in [0.2, 0.25) is 17.7 Å². The van der Waals surface area contributed by atoms with E-state index in [4.69, 9.17) is 4.74 Å². The zero-order chi connectivity index (χ0) is 18.8. The van der Waals surface area contributed by atoms with Gasteiger partial charge >= 0.3 is 0 Å². The second-order valence-electron chi connectivity index (χ2n) is 6.14. The molecule has 142 valence electrons. The molecule has 1 aliphatic carbocycles. The van der Waals surface area contributed by atoms with Gasteiger partial charge in [0.15, 0.2) is 0 Å². The molecule has 0 unspecified atom stereocenters. The highest BCUT2D eigenvalue weighted by Crippen LogP contribution is 2.23. The first kappa shape index (κ1) is 20.1. The van der Waals surface area contributed by atoms with Crippen LogP contribution in [0.15, 0.2) is 24.3 Å². The van der Waals surface area contributed by atoms with Gasteiger partial charge in [0, 0.05) is 11.6 Å². The Balaban J connectivity index is 1.59. The maximum Gasteiger partial charge on any atom is 0.248 e. The maximum absolute atomic E-state index is 11.9. The molecule has 26 heavy (non-hydrogen) atoms. The molecule has 0 aliphatic heterocycles. The lowest BCUT2D eigenvalue weighted by Crippen LogP contribution is -2.45. The van der Waals surface area contributed by atoms with Crippen molar-refractivity contribution < 1.29 is 19.1 Å². The largest absolute Gasteiger partial charge is 0.497 e. The molecule has 0 atom stereocenters. The van der Waals surface area contributed by atoms with Gasteiger partial charge in [-0.3, -0.25) is 25.2 Å². The molecule has 0 bridgehead atoms. The van der Waals surface area contributed by atoms with Gasteiger partial charge in [-0.25, -0.2) is 0 Å². The molecule has 0 aromatic heterocycles. The summed E-state index contributed by atoms with van der Waals surface area (Å²) in [5.74, 6) is 0.309.